The second-order valence-electron chi connectivity index (χ2n) is 5.25. The zero-order chi connectivity index (χ0) is 14.7. The van der Waals surface area contributed by atoms with Crippen molar-refractivity contribution in [1.82, 2.24) is 0 Å². The molecule has 1 unspecified atom stereocenters. The van der Waals surface area contributed by atoms with Crippen molar-refractivity contribution in [2.75, 3.05) is 11.9 Å². The molecule has 0 bridgehead atoms. The molecule has 2 aromatic rings. The lowest BCUT2D eigenvalue weighted by atomic mass is 10.00. The molecule has 0 radical (unpaired) electrons. The fraction of sp³-hybridized carbons (Fsp3) is 0.294. The quantitative estimate of drug-likeness (QED) is 0.798. The second-order valence-corrected chi connectivity index (χ2v) is 5.25. The summed E-state index contributed by atoms with van der Waals surface area (Å²) in [4.78, 5) is 0. The van der Waals surface area contributed by atoms with E-state index in [1.165, 1.54) is 5.56 Å². The third-order valence-electron chi connectivity index (χ3n) is 3.46. The van der Waals surface area contributed by atoms with Crippen molar-refractivity contribution in [2.24, 2.45) is 0 Å². The Kier molecular flexibility index (Phi) is 4.30. The molecule has 1 atom stereocenters. The maximum absolute atomic E-state index is 9.83. The smallest absolute Gasteiger partial charge is 0.121 e. The Bertz CT molecular complexity index is 585. The van der Waals surface area contributed by atoms with Crippen molar-refractivity contribution in [3.63, 3.8) is 0 Å². The third kappa shape index (κ3) is 3.11. The van der Waals surface area contributed by atoms with Gasteiger partial charge in [-0.1, -0.05) is 24.3 Å². The van der Waals surface area contributed by atoms with Gasteiger partial charge in [-0.15, -0.1) is 0 Å². The minimum Gasteiger partial charge on any atom is -0.507 e. The summed E-state index contributed by atoms with van der Waals surface area (Å²) in [5.41, 5.74) is 4.77. The average molecular weight is 271 g/mol. The van der Waals surface area contributed by atoms with Crippen LogP contribution in [0.15, 0.2) is 36.4 Å². The average Bonchev–Trinajstić information content (AvgIpc) is 2.41. The first-order valence-electron chi connectivity index (χ1n) is 6.75. The molecular weight excluding hydrogens is 250 g/mol. The summed E-state index contributed by atoms with van der Waals surface area (Å²) in [5, 5.41) is 22.8. The van der Waals surface area contributed by atoms with Gasteiger partial charge in [0.2, 0.25) is 0 Å². The molecule has 0 saturated heterocycles. The van der Waals surface area contributed by atoms with Gasteiger partial charge in [-0.2, -0.15) is 0 Å². The van der Waals surface area contributed by atoms with Crippen LogP contribution in [0.4, 0.5) is 5.69 Å². The number of hydrogen-bond donors (Lipinski definition) is 3. The van der Waals surface area contributed by atoms with Crippen LogP contribution in [0.1, 0.15) is 28.3 Å². The normalized spacial score (nSPS) is 12.2. The van der Waals surface area contributed by atoms with Crippen molar-refractivity contribution in [3.8, 4) is 5.75 Å². The number of aryl methyl sites for hydroxylation is 3. The first-order chi connectivity index (χ1) is 9.51. The van der Waals surface area contributed by atoms with E-state index >= 15 is 0 Å². The monoisotopic (exact) mass is 271 g/mol. The Morgan fingerprint density at radius 3 is 2.25 bits per heavy atom. The molecule has 106 valence electrons. The van der Waals surface area contributed by atoms with Gasteiger partial charge in [0.25, 0.3) is 0 Å². The number of aliphatic hydroxyl groups is 1. The third-order valence-corrected chi connectivity index (χ3v) is 3.46. The lowest BCUT2D eigenvalue weighted by Gasteiger charge is -2.20. The zero-order valence-electron chi connectivity index (χ0n) is 12.1. The van der Waals surface area contributed by atoms with Crippen LogP contribution in [0.3, 0.4) is 0 Å². The van der Waals surface area contributed by atoms with Gasteiger partial charge in [0, 0.05) is 5.69 Å². The highest BCUT2D eigenvalue weighted by molar-refractivity contribution is 5.50. The number of phenolic OH excluding ortho intramolecular Hbond substituents is 1. The van der Waals surface area contributed by atoms with E-state index in [9.17, 15) is 10.2 Å². The molecule has 3 nitrogen and oxygen atoms in total. The minimum absolute atomic E-state index is 0.00238. The molecule has 0 amide bonds. The molecule has 3 N–H and O–H groups in total. The molecule has 20 heavy (non-hydrogen) atoms. The summed E-state index contributed by atoms with van der Waals surface area (Å²) in [7, 11) is 0. The number of aliphatic hydroxyl groups excluding tert-OH is 1. The van der Waals surface area contributed by atoms with Crippen LogP contribution in [0, 0.1) is 20.8 Å². The summed E-state index contributed by atoms with van der Waals surface area (Å²) in [5.74, 6) is 0.320. The van der Waals surface area contributed by atoms with Crippen LogP contribution in [0.5, 0.6) is 5.75 Å². The zero-order valence-corrected chi connectivity index (χ0v) is 12.1. The molecule has 0 fully saturated rings. The lowest BCUT2D eigenvalue weighted by Crippen LogP contribution is -2.15. The van der Waals surface area contributed by atoms with E-state index in [1.807, 2.05) is 57.2 Å². The second kappa shape index (κ2) is 5.97. The van der Waals surface area contributed by atoms with E-state index in [1.54, 1.807) is 0 Å². The van der Waals surface area contributed by atoms with Gasteiger partial charge in [-0.25, -0.2) is 0 Å². The molecule has 0 aliphatic heterocycles. The van der Waals surface area contributed by atoms with Crippen molar-refractivity contribution < 1.29 is 10.2 Å². The van der Waals surface area contributed by atoms with Gasteiger partial charge in [0.1, 0.15) is 5.75 Å². The molecular formula is C17H21NO2. The minimum atomic E-state index is -0.185. The fourth-order valence-corrected chi connectivity index (χ4v) is 2.36. The number of rotatable bonds is 4. The number of benzene rings is 2. The Hall–Kier alpha value is -2.00. The maximum Gasteiger partial charge on any atom is 0.121 e. The van der Waals surface area contributed by atoms with Crippen molar-refractivity contribution in [3.05, 3.63) is 58.7 Å². The van der Waals surface area contributed by atoms with Crippen molar-refractivity contribution in [1.29, 1.82) is 0 Å². The summed E-state index contributed by atoms with van der Waals surface area (Å²) >= 11 is 0. The highest BCUT2D eigenvalue weighted by Gasteiger charge is 2.13. The van der Waals surface area contributed by atoms with Crippen LogP contribution < -0.4 is 5.32 Å². The van der Waals surface area contributed by atoms with Crippen LogP contribution in [0.25, 0.3) is 0 Å². The number of aromatic hydroxyl groups is 1. The van der Waals surface area contributed by atoms with Crippen molar-refractivity contribution in [2.45, 2.75) is 26.8 Å². The number of phenols is 1. The van der Waals surface area contributed by atoms with E-state index in [-0.39, 0.29) is 12.6 Å². The van der Waals surface area contributed by atoms with Gasteiger partial charge in [0.05, 0.1) is 12.6 Å². The Morgan fingerprint density at radius 2 is 1.70 bits per heavy atom. The summed E-state index contributed by atoms with van der Waals surface area (Å²) in [6.45, 7) is 5.77. The molecule has 0 aliphatic rings. The Labute approximate surface area is 119 Å². The van der Waals surface area contributed by atoms with Crippen molar-refractivity contribution >= 4 is 5.69 Å². The standard InChI is InChI=1S/C17H21NO2/c1-11-5-4-6-15(7-11)18-16(10-19)14-8-12(2)17(20)13(3)9-14/h4-9,16,18-20H,10H2,1-3H3. The summed E-state index contributed by atoms with van der Waals surface area (Å²) in [6.07, 6.45) is 0. The molecule has 3 heteroatoms. The number of hydrogen-bond acceptors (Lipinski definition) is 3. The van der Waals surface area contributed by atoms with Crippen LogP contribution in [-0.2, 0) is 0 Å². The first kappa shape index (κ1) is 14.4. The molecule has 0 saturated carbocycles. The fourth-order valence-electron chi connectivity index (χ4n) is 2.36. The number of nitrogens with one attached hydrogen (secondary N) is 1. The highest BCUT2D eigenvalue weighted by Crippen LogP contribution is 2.28. The van der Waals surface area contributed by atoms with Gasteiger partial charge in [-0.3, -0.25) is 0 Å². The first-order valence-corrected chi connectivity index (χ1v) is 6.75. The van der Waals surface area contributed by atoms with E-state index in [2.05, 4.69) is 5.32 Å². The molecule has 2 rings (SSSR count). The lowest BCUT2D eigenvalue weighted by molar-refractivity contribution is 0.276. The molecule has 0 heterocycles. The molecule has 0 spiro atoms. The van der Waals surface area contributed by atoms with E-state index in [0.717, 1.165) is 22.4 Å². The van der Waals surface area contributed by atoms with Gasteiger partial charge in [-0.05, 0) is 55.2 Å². The van der Waals surface area contributed by atoms with Crippen LogP contribution >= 0.6 is 0 Å². The van der Waals surface area contributed by atoms with Gasteiger partial charge < -0.3 is 15.5 Å². The Morgan fingerprint density at radius 1 is 1.05 bits per heavy atom. The van der Waals surface area contributed by atoms with Crippen LogP contribution in [0.2, 0.25) is 0 Å². The van der Waals surface area contributed by atoms with E-state index in [0.29, 0.717) is 5.75 Å². The maximum atomic E-state index is 9.83. The predicted octanol–water partition coefficient (Wildman–Crippen LogP) is 3.46. The summed E-state index contributed by atoms with van der Waals surface area (Å²) < 4.78 is 0. The SMILES string of the molecule is Cc1cccc(NC(CO)c2cc(C)c(O)c(C)c2)c1. The molecule has 2 aromatic carbocycles. The number of anilines is 1. The molecule has 0 aliphatic carbocycles. The van der Waals surface area contributed by atoms with E-state index < -0.39 is 0 Å². The van der Waals surface area contributed by atoms with Gasteiger partial charge in [0.15, 0.2) is 0 Å². The highest BCUT2D eigenvalue weighted by atomic mass is 16.3. The van der Waals surface area contributed by atoms with E-state index in [4.69, 9.17) is 0 Å². The topological polar surface area (TPSA) is 52.5 Å². The molecule has 0 aromatic heterocycles. The predicted molar refractivity (Wildman–Crippen MR) is 82.2 cm³/mol. The summed E-state index contributed by atoms with van der Waals surface area (Å²) in [6, 6.07) is 11.7. The van der Waals surface area contributed by atoms with Crippen LogP contribution in [-0.4, -0.2) is 16.8 Å². The Balaban J connectivity index is 2.29. The van der Waals surface area contributed by atoms with Gasteiger partial charge >= 0.3 is 0 Å². The largest absolute Gasteiger partial charge is 0.507 e.